The van der Waals surface area contributed by atoms with Gasteiger partial charge in [-0.25, -0.2) is 4.98 Å². The van der Waals surface area contributed by atoms with E-state index in [0.717, 1.165) is 44.6 Å². The number of carbonyl (C=O) groups is 1. The molecule has 10 heteroatoms. The number of amides is 1. The third kappa shape index (κ3) is 3.09. The van der Waals surface area contributed by atoms with Gasteiger partial charge in [-0.05, 0) is 43.0 Å². The molecule has 0 saturated carbocycles. The van der Waals surface area contributed by atoms with Crippen LogP contribution in [0.5, 0.6) is 0 Å². The molecule has 0 unspecified atom stereocenters. The minimum atomic E-state index is -0.0312. The Balaban J connectivity index is 1.52. The maximum Gasteiger partial charge on any atom is 0.259 e. The average Bonchev–Trinajstić information content (AvgIpc) is 3.41. The number of carbonyl (C=O) groups excluding carboxylic acids is 1. The Morgan fingerprint density at radius 1 is 1.38 bits per heavy atom. The van der Waals surface area contributed by atoms with E-state index in [0.29, 0.717) is 11.4 Å². The molecular weight excluding hydrogens is 334 g/mol. The van der Waals surface area contributed by atoms with Crippen molar-refractivity contribution in [2.75, 3.05) is 6.54 Å². The average molecular weight is 355 g/mol. The maximum atomic E-state index is 13.2. The monoisotopic (exact) mass is 355 g/mol. The highest BCUT2D eigenvalue weighted by Crippen LogP contribution is 2.24. The van der Waals surface area contributed by atoms with E-state index in [2.05, 4.69) is 35.3 Å². The van der Waals surface area contributed by atoms with Gasteiger partial charge in [0.05, 0.1) is 6.20 Å². The highest BCUT2D eigenvalue weighted by molar-refractivity contribution is 5.97. The summed E-state index contributed by atoms with van der Waals surface area (Å²) in [7, 11) is 0. The number of hydrogen-bond acceptors (Lipinski definition) is 6. The summed E-state index contributed by atoms with van der Waals surface area (Å²) in [5.41, 5.74) is 0.489. The number of piperidine rings is 1. The molecule has 1 N–H and O–H groups in total. The van der Waals surface area contributed by atoms with Gasteiger partial charge in [-0.15, -0.1) is 5.10 Å². The molecule has 1 aliphatic rings. The number of nitrogens with one attached hydrogen (secondary N) is 1. The minimum Gasteiger partial charge on any atom is -0.335 e. The first-order chi connectivity index (χ1) is 12.7. The molecule has 1 atom stereocenters. The van der Waals surface area contributed by atoms with Crippen LogP contribution in [0.4, 0.5) is 0 Å². The van der Waals surface area contributed by atoms with Crippen LogP contribution in [0.1, 0.15) is 41.9 Å². The summed E-state index contributed by atoms with van der Waals surface area (Å²) in [5.74, 6) is 1.46. The van der Waals surface area contributed by atoms with Gasteiger partial charge in [0.1, 0.15) is 17.7 Å². The van der Waals surface area contributed by atoms with Gasteiger partial charge in [-0.2, -0.15) is 9.78 Å². The van der Waals surface area contributed by atoms with E-state index in [-0.39, 0.29) is 11.9 Å². The third-order valence-electron chi connectivity index (χ3n) is 4.94. The van der Waals surface area contributed by atoms with Crippen LogP contribution in [0, 0.1) is 6.92 Å². The lowest BCUT2D eigenvalue weighted by Gasteiger charge is -2.36. The predicted octanol–water partition coefficient (Wildman–Crippen LogP) is 0.975. The molecule has 10 nitrogen and oxygen atoms in total. The summed E-state index contributed by atoms with van der Waals surface area (Å²) in [4.78, 5) is 19.4. The fourth-order valence-corrected chi connectivity index (χ4v) is 3.53. The molecule has 1 amide bonds. The van der Waals surface area contributed by atoms with E-state index < -0.39 is 0 Å². The standard InChI is InChI=1S/C16H21N9O/c1-12-17-6-9-23(12)8-5-13-4-2-3-7-24(13)16(26)14-10-18-20-15(14)25-11-19-21-22-25/h6,9-11,13H,2-5,7-8H2,1H3,(H,18,20)/t13-/m1/s1. The van der Waals surface area contributed by atoms with Gasteiger partial charge in [0, 0.05) is 31.5 Å². The first-order valence-electron chi connectivity index (χ1n) is 8.79. The first-order valence-corrected chi connectivity index (χ1v) is 8.79. The normalized spacial score (nSPS) is 17.6. The van der Waals surface area contributed by atoms with E-state index >= 15 is 0 Å². The van der Waals surface area contributed by atoms with Gasteiger partial charge >= 0.3 is 0 Å². The van der Waals surface area contributed by atoms with Gasteiger partial charge in [0.15, 0.2) is 5.82 Å². The fraction of sp³-hybridized carbons (Fsp3) is 0.500. The van der Waals surface area contributed by atoms with Crippen molar-refractivity contribution in [1.82, 2.24) is 44.9 Å². The molecule has 3 aromatic rings. The van der Waals surface area contributed by atoms with Gasteiger partial charge in [-0.3, -0.25) is 9.89 Å². The summed E-state index contributed by atoms with van der Waals surface area (Å²) in [6.07, 6.45) is 10.9. The number of aromatic amines is 1. The number of tetrazole rings is 1. The second-order valence-corrected chi connectivity index (χ2v) is 6.49. The summed E-state index contributed by atoms with van der Waals surface area (Å²) in [6, 6.07) is 0.203. The zero-order chi connectivity index (χ0) is 17.9. The lowest BCUT2D eigenvalue weighted by Crippen LogP contribution is -2.44. The Kier molecular flexibility index (Phi) is 4.46. The van der Waals surface area contributed by atoms with Crippen LogP contribution in [0.3, 0.4) is 0 Å². The van der Waals surface area contributed by atoms with Gasteiger partial charge in [-0.1, -0.05) is 0 Å². The van der Waals surface area contributed by atoms with E-state index in [1.54, 1.807) is 6.20 Å². The second kappa shape index (κ2) is 7.06. The van der Waals surface area contributed by atoms with Crippen molar-refractivity contribution in [1.29, 1.82) is 0 Å². The maximum absolute atomic E-state index is 13.2. The van der Waals surface area contributed by atoms with Crippen LogP contribution in [-0.2, 0) is 6.54 Å². The van der Waals surface area contributed by atoms with Crippen LogP contribution in [0.25, 0.3) is 5.82 Å². The fourth-order valence-electron chi connectivity index (χ4n) is 3.53. The second-order valence-electron chi connectivity index (χ2n) is 6.49. The Hall–Kier alpha value is -3.04. The van der Waals surface area contributed by atoms with E-state index in [4.69, 9.17) is 0 Å². The summed E-state index contributed by atoms with van der Waals surface area (Å²) in [5, 5.41) is 17.9. The predicted molar refractivity (Wildman–Crippen MR) is 91.6 cm³/mol. The number of imidazole rings is 1. The highest BCUT2D eigenvalue weighted by Gasteiger charge is 2.30. The van der Waals surface area contributed by atoms with Crippen molar-refractivity contribution in [3.8, 4) is 5.82 Å². The smallest absolute Gasteiger partial charge is 0.259 e. The number of hydrogen-bond donors (Lipinski definition) is 1. The Morgan fingerprint density at radius 2 is 2.31 bits per heavy atom. The molecule has 0 bridgehead atoms. The largest absolute Gasteiger partial charge is 0.335 e. The van der Waals surface area contributed by atoms with E-state index in [9.17, 15) is 4.79 Å². The molecule has 1 saturated heterocycles. The molecule has 3 aromatic heterocycles. The van der Waals surface area contributed by atoms with Crippen molar-refractivity contribution in [3.63, 3.8) is 0 Å². The molecule has 0 aliphatic carbocycles. The van der Waals surface area contributed by atoms with Crippen LogP contribution in [-0.4, -0.2) is 63.3 Å². The molecule has 4 heterocycles. The van der Waals surface area contributed by atoms with Crippen LogP contribution < -0.4 is 0 Å². The van der Waals surface area contributed by atoms with Crippen LogP contribution in [0.15, 0.2) is 24.9 Å². The SMILES string of the molecule is Cc1nccn1CC[C@H]1CCCCN1C(=O)c1cn[nH]c1-n1cnnn1. The lowest BCUT2D eigenvalue weighted by molar-refractivity contribution is 0.0595. The zero-order valence-electron chi connectivity index (χ0n) is 14.6. The van der Waals surface area contributed by atoms with Crippen molar-refractivity contribution < 1.29 is 4.79 Å². The number of aryl methyl sites for hydroxylation is 2. The van der Waals surface area contributed by atoms with Crippen molar-refractivity contribution in [3.05, 3.63) is 36.3 Å². The molecule has 4 rings (SSSR count). The molecule has 1 fully saturated rings. The van der Waals surface area contributed by atoms with Gasteiger partial charge in [0.2, 0.25) is 0 Å². The third-order valence-corrected chi connectivity index (χ3v) is 4.94. The summed E-state index contributed by atoms with van der Waals surface area (Å²) >= 11 is 0. The zero-order valence-corrected chi connectivity index (χ0v) is 14.6. The molecule has 1 aliphatic heterocycles. The molecule has 26 heavy (non-hydrogen) atoms. The summed E-state index contributed by atoms with van der Waals surface area (Å²) < 4.78 is 3.55. The number of rotatable bonds is 5. The van der Waals surface area contributed by atoms with Gasteiger partial charge in [0.25, 0.3) is 5.91 Å². The topological polar surface area (TPSA) is 110 Å². The molecule has 0 radical (unpaired) electrons. The minimum absolute atomic E-state index is 0.0312. The van der Waals surface area contributed by atoms with E-state index in [1.165, 1.54) is 11.0 Å². The number of aromatic nitrogens is 8. The highest BCUT2D eigenvalue weighted by atomic mass is 16.2. The van der Waals surface area contributed by atoms with Crippen molar-refractivity contribution >= 4 is 5.91 Å². The molecule has 0 aromatic carbocycles. The molecule has 136 valence electrons. The number of H-pyrrole nitrogens is 1. The Morgan fingerprint density at radius 3 is 3.08 bits per heavy atom. The Bertz CT molecular complexity index is 866. The Labute approximate surface area is 150 Å². The lowest BCUT2D eigenvalue weighted by atomic mass is 9.98. The van der Waals surface area contributed by atoms with Crippen LogP contribution in [0.2, 0.25) is 0 Å². The van der Waals surface area contributed by atoms with Crippen molar-refractivity contribution in [2.45, 2.75) is 45.2 Å². The van der Waals surface area contributed by atoms with E-state index in [1.807, 2.05) is 24.2 Å². The quantitative estimate of drug-likeness (QED) is 0.730. The molecular formula is C16H21N9O. The number of nitrogens with zero attached hydrogens (tertiary/aromatic N) is 8. The number of likely N-dealkylation sites (tertiary alicyclic amines) is 1. The summed E-state index contributed by atoms with van der Waals surface area (Å²) in [6.45, 7) is 3.60. The first kappa shape index (κ1) is 16.4. The van der Waals surface area contributed by atoms with Crippen molar-refractivity contribution in [2.24, 2.45) is 0 Å². The van der Waals surface area contributed by atoms with Crippen LogP contribution >= 0.6 is 0 Å². The van der Waals surface area contributed by atoms with Gasteiger partial charge < -0.3 is 9.47 Å². The molecule has 0 spiro atoms.